The summed E-state index contributed by atoms with van der Waals surface area (Å²) >= 11 is 0. The van der Waals surface area contributed by atoms with Crippen molar-refractivity contribution in [3.8, 4) is 0 Å². The maximum Gasteiger partial charge on any atom is 0.0414 e. The summed E-state index contributed by atoms with van der Waals surface area (Å²) in [5, 5.41) is 3.64. The summed E-state index contributed by atoms with van der Waals surface area (Å²) in [6.45, 7) is 10.0. The van der Waals surface area contributed by atoms with Gasteiger partial charge in [0.15, 0.2) is 0 Å². The fourth-order valence-corrected chi connectivity index (χ4v) is 2.17. The second kappa shape index (κ2) is 7.42. The number of hydrogen-bond acceptors (Lipinski definition) is 2. The van der Waals surface area contributed by atoms with E-state index >= 15 is 0 Å². The van der Waals surface area contributed by atoms with Crippen molar-refractivity contribution in [3.05, 3.63) is 29.8 Å². The molecule has 1 aromatic carbocycles. The Kier molecular flexibility index (Phi) is 6.20. The summed E-state index contributed by atoms with van der Waals surface area (Å²) in [6.07, 6.45) is 2.31. The van der Waals surface area contributed by atoms with E-state index in [2.05, 4.69) is 69.2 Å². The molecule has 18 heavy (non-hydrogen) atoms. The van der Waals surface area contributed by atoms with Crippen LogP contribution in [-0.4, -0.2) is 19.6 Å². The highest BCUT2D eigenvalue weighted by molar-refractivity contribution is 5.55. The topological polar surface area (TPSA) is 15.3 Å². The van der Waals surface area contributed by atoms with E-state index < -0.39 is 0 Å². The predicted molar refractivity (Wildman–Crippen MR) is 81.3 cm³/mol. The molecule has 0 aliphatic heterocycles. The molecule has 1 atom stereocenters. The molecule has 1 unspecified atom stereocenters. The van der Waals surface area contributed by atoms with Crippen molar-refractivity contribution >= 4 is 5.69 Å². The van der Waals surface area contributed by atoms with Crippen LogP contribution in [0.3, 0.4) is 0 Å². The maximum atomic E-state index is 3.64. The molecule has 1 aromatic rings. The van der Waals surface area contributed by atoms with Crippen molar-refractivity contribution in [1.82, 2.24) is 5.32 Å². The minimum absolute atomic E-state index is 0.461. The van der Waals surface area contributed by atoms with Crippen LogP contribution < -0.4 is 10.2 Å². The lowest BCUT2D eigenvalue weighted by Gasteiger charge is -2.29. The van der Waals surface area contributed by atoms with Gasteiger partial charge < -0.3 is 10.2 Å². The lowest BCUT2D eigenvalue weighted by Crippen LogP contribution is -2.29. The summed E-state index contributed by atoms with van der Waals surface area (Å²) < 4.78 is 0. The highest BCUT2D eigenvalue weighted by atomic mass is 15.1. The van der Waals surface area contributed by atoms with Crippen LogP contribution >= 0.6 is 0 Å². The second-order valence-corrected chi connectivity index (χ2v) is 5.18. The third kappa shape index (κ3) is 3.74. The number of rotatable bonds is 7. The molecule has 0 saturated carbocycles. The van der Waals surface area contributed by atoms with Crippen LogP contribution in [0.15, 0.2) is 24.3 Å². The Balaban J connectivity index is 2.98. The van der Waals surface area contributed by atoms with Gasteiger partial charge in [-0.05, 0) is 44.9 Å². The Morgan fingerprint density at radius 1 is 1.17 bits per heavy atom. The minimum atomic E-state index is 0.461. The van der Waals surface area contributed by atoms with Gasteiger partial charge in [0, 0.05) is 24.8 Å². The number of anilines is 1. The fourth-order valence-electron chi connectivity index (χ4n) is 2.17. The molecule has 0 radical (unpaired) electrons. The van der Waals surface area contributed by atoms with Crippen molar-refractivity contribution in [2.24, 2.45) is 0 Å². The van der Waals surface area contributed by atoms with Crippen molar-refractivity contribution in [2.75, 3.05) is 18.5 Å². The Labute approximate surface area is 112 Å². The molecule has 0 bridgehead atoms. The van der Waals surface area contributed by atoms with Crippen LogP contribution in [0, 0.1) is 0 Å². The van der Waals surface area contributed by atoms with Gasteiger partial charge in [0.25, 0.3) is 0 Å². The molecule has 0 fully saturated rings. The van der Waals surface area contributed by atoms with Crippen LogP contribution in [-0.2, 0) is 0 Å². The Morgan fingerprint density at radius 3 is 2.39 bits per heavy atom. The van der Waals surface area contributed by atoms with Gasteiger partial charge in [-0.3, -0.25) is 0 Å². The van der Waals surface area contributed by atoms with E-state index in [4.69, 9.17) is 0 Å². The Hall–Kier alpha value is -1.02. The smallest absolute Gasteiger partial charge is 0.0414 e. The zero-order valence-electron chi connectivity index (χ0n) is 12.5. The van der Waals surface area contributed by atoms with Gasteiger partial charge in [-0.2, -0.15) is 0 Å². The molecular formula is C16H28N2. The van der Waals surface area contributed by atoms with Crippen LogP contribution in [0.5, 0.6) is 0 Å². The van der Waals surface area contributed by atoms with Gasteiger partial charge >= 0.3 is 0 Å². The monoisotopic (exact) mass is 248 g/mol. The highest BCUT2D eigenvalue weighted by Gasteiger charge is 2.16. The van der Waals surface area contributed by atoms with E-state index in [1.165, 1.54) is 17.7 Å². The molecule has 0 aliphatic carbocycles. The molecule has 1 rings (SSSR count). The van der Waals surface area contributed by atoms with Gasteiger partial charge in [0.05, 0.1) is 0 Å². The lowest BCUT2D eigenvalue weighted by atomic mass is 10.0. The normalized spacial score (nSPS) is 12.8. The molecule has 0 aromatic heterocycles. The van der Waals surface area contributed by atoms with Crippen molar-refractivity contribution < 1.29 is 0 Å². The fraction of sp³-hybridized carbons (Fsp3) is 0.625. The van der Waals surface area contributed by atoms with Crippen molar-refractivity contribution in [3.63, 3.8) is 0 Å². The summed E-state index contributed by atoms with van der Waals surface area (Å²) in [5.41, 5.74) is 2.77. The first-order valence-corrected chi connectivity index (χ1v) is 7.16. The van der Waals surface area contributed by atoms with Gasteiger partial charge in [-0.25, -0.2) is 0 Å². The number of benzene rings is 1. The highest BCUT2D eigenvalue weighted by Crippen LogP contribution is 2.28. The van der Waals surface area contributed by atoms with Crippen molar-refractivity contribution in [2.45, 2.75) is 52.6 Å². The van der Waals surface area contributed by atoms with E-state index in [-0.39, 0.29) is 0 Å². The van der Waals surface area contributed by atoms with Gasteiger partial charge in [-0.1, -0.05) is 32.0 Å². The number of hydrogen-bond donors (Lipinski definition) is 1. The first-order valence-electron chi connectivity index (χ1n) is 7.16. The molecule has 2 nitrogen and oxygen atoms in total. The second-order valence-electron chi connectivity index (χ2n) is 5.18. The summed E-state index contributed by atoms with van der Waals surface area (Å²) in [7, 11) is 2.18. The summed E-state index contributed by atoms with van der Waals surface area (Å²) in [5.74, 6) is 0. The number of nitrogens with zero attached hydrogens (tertiary/aromatic N) is 1. The molecule has 0 spiro atoms. The van der Waals surface area contributed by atoms with Crippen LogP contribution in [0.2, 0.25) is 0 Å². The van der Waals surface area contributed by atoms with E-state index in [1.54, 1.807) is 0 Å². The predicted octanol–water partition coefficient (Wildman–Crippen LogP) is 3.98. The Bertz CT molecular complexity index is 347. The van der Waals surface area contributed by atoms with Crippen molar-refractivity contribution in [1.29, 1.82) is 0 Å². The molecular weight excluding hydrogens is 220 g/mol. The average Bonchev–Trinajstić information content (AvgIpc) is 2.39. The largest absolute Gasteiger partial charge is 0.372 e. The summed E-state index contributed by atoms with van der Waals surface area (Å²) in [6, 6.07) is 9.74. The molecule has 0 amide bonds. The SMILES string of the molecule is CCCNC(CC)c1ccccc1N(C)C(C)C. The first-order chi connectivity index (χ1) is 8.61. The zero-order chi connectivity index (χ0) is 13.5. The summed E-state index contributed by atoms with van der Waals surface area (Å²) in [4.78, 5) is 2.35. The van der Waals surface area contributed by atoms with E-state index in [0.29, 0.717) is 12.1 Å². The molecule has 2 heteroatoms. The first kappa shape index (κ1) is 15.0. The van der Waals surface area contributed by atoms with Gasteiger partial charge in [-0.15, -0.1) is 0 Å². The molecule has 0 saturated heterocycles. The van der Waals surface area contributed by atoms with Gasteiger partial charge in [0.1, 0.15) is 0 Å². The van der Waals surface area contributed by atoms with Crippen LogP contribution in [0.1, 0.15) is 52.1 Å². The minimum Gasteiger partial charge on any atom is -0.372 e. The zero-order valence-corrected chi connectivity index (χ0v) is 12.5. The molecule has 102 valence electrons. The van der Waals surface area contributed by atoms with Crippen LogP contribution in [0.25, 0.3) is 0 Å². The number of nitrogens with one attached hydrogen (secondary N) is 1. The molecule has 1 N–H and O–H groups in total. The maximum absolute atomic E-state index is 3.64. The quantitative estimate of drug-likeness (QED) is 0.785. The van der Waals surface area contributed by atoms with E-state index in [1.807, 2.05) is 0 Å². The molecule has 0 aliphatic rings. The third-order valence-corrected chi connectivity index (χ3v) is 3.52. The van der Waals surface area contributed by atoms with Crippen LogP contribution in [0.4, 0.5) is 5.69 Å². The average molecular weight is 248 g/mol. The van der Waals surface area contributed by atoms with Gasteiger partial charge in [0.2, 0.25) is 0 Å². The van der Waals surface area contributed by atoms with E-state index in [0.717, 1.165) is 13.0 Å². The molecule has 0 heterocycles. The van der Waals surface area contributed by atoms with E-state index in [9.17, 15) is 0 Å². The lowest BCUT2D eigenvalue weighted by molar-refractivity contribution is 0.517. The third-order valence-electron chi connectivity index (χ3n) is 3.52. The standard InChI is InChI=1S/C16H28N2/c1-6-12-17-15(7-2)14-10-8-9-11-16(14)18(5)13(3)4/h8-11,13,15,17H,6-7,12H2,1-5H3. The Morgan fingerprint density at radius 2 is 1.83 bits per heavy atom. The number of para-hydroxylation sites is 1.